The molecule has 2 aliphatic heterocycles. The first-order chi connectivity index (χ1) is 11.0. The number of nitro benzene ring substituents is 1. The van der Waals surface area contributed by atoms with Crippen molar-refractivity contribution in [2.45, 2.75) is 38.6 Å². The number of piperidine rings is 1. The van der Waals surface area contributed by atoms with E-state index in [2.05, 4.69) is 4.90 Å². The predicted molar refractivity (Wildman–Crippen MR) is 89.0 cm³/mol. The van der Waals surface area contributed by atoms with Crippen LogP contribution in [0.5, 0.6) is 0 Å². The number of anilines is 1. The number of nitro groups is 1. The topological polar surface area (TPSA) is 66.7 Å². The van der Waals surface area contributed by atoms with Crippen LogP contribution in [0.1, 0.15) is 31.2 Å². The summed E-state index contributed by atoms with van der Waals surface area (Å²) in [5.74, 6) is 0.271. The molecule has 1 amide bonds. The molecule has 3 rings (SSSR count). The van der Waals surface area contributed by atoms with E-state index >= 15 is 0 Å². The van der Waals surface area contributed by atoms with Crippen LogP contribution in [0.2, 0.25) is 5.02 Å². The third-order valence-electron chi connectivity index (χ3n) is 4.78. The minimum absolute atomic E-state index is 0.0220. The van der Waals surface area contributed by atoms with E-state index in [1.807, 2.05) is 11.8 Å². The molecule has 0 N–H and O–H groups in total. The normalized spacial score (nSPS) is 19.5. The Balaban J connectivity index is 1.72. The van der Waals surface area contributed by atoms with Gasteiger partial charge in [-0.05, 0) is 31.7 Å². The molecule has 0 spiro atoms. The highest BCUT2D eigenvalue weighted by atomic mass is 35.5. The van der Waals surface area contributed by atoms with Gasteiger partial charge in [-0.25, -0.2) is 0 Å². The van der Waals surface area contributed by atoms with Crippen molar-refractivity contribution in [2.75, 3.05) is 24.5 Å². The molecule has 6 nitrogen and oxygen atoms in total. The highest BCUT2D eigenvalue weighted by molar-refractivity contribution is 6.33. The van der Waals surface area contributed by atoms with Crippen molar-refractivity contribution in [3.8, 4) is 0 Å². The number of halogens is 1. The zero-order chi connectivity index (χ0) is 16.6. The lowest BCUT2D eigenvalue weighted by atomic mass is 10.0. The van der Waals surface area contributed by atoms with Crippen molar-refractivity contribution in [3.05, 3.63) is 32.8 Å². The minimum atomic E-state index is -0.423. The molecule has 0 unspecified atom stereocenters. The third-order valence-corrected chi connectivity index (χ3v) is 5.07. The van der Waals surface area contributed by atoms with E-state index in [-0.39, 0.29) is 11.6 Å². The molecule has 0 bridgehead atoms. The Hall–Kier alpha value is -1.82. The highest BCUT2D eigenvalue weighted by Crippen LogP contribution is 2.36. The molecule has 124 valence electrons. The van der Waals surface area contributed by atoms with Crippen LogP contribution in [0.4, 0.5) is 11.4 Å². The van der Waals surface area contributed by atoms with Crippen molar-refractivity contribution in [1.82, 2.24) is 4.90 Å². The second-order valence-corrected chi connectivity index (χ2v) is 6.67. The van der Waals surface area contributed by atoms with Crippen LogP contribution in [-0.4, -0.2) is 41.4 Å². The number of aryl methyl sites for hydroxylation is 1. The summed E-state index contributed by atoms with van der Waals surface area (Å²) in [5.41, 5.74) is 1.72. The summed E-state index contributed by atoms with van der Waals surface area (Å²) in [4.78, 5) is 26.5. The second kappa shape index (κ2) is 6.35. The van der Waals surface area contributed by atoms with Gasteiger partial charge in [0.25, 0.3) is 5.69 Å². The van der Waals surface area contributed by atoms with Gasteiger partial charge in [0.05, 0.1) is 15.6 Å². The molecule has 0 aromatic heterocycles. The van der Waals surface area contributed by atoms with Gasteiger partial charge in [-0.3, -0.25) is 14.9 Å². The first-order valence-corrected chi connectivity index (χ1v) is 8.34. The Morgan fingerprint density at radius 1 is 1.26 bits per heavy atom. The van der Waals surface area contributed by atoms with Crippen LogP contribution < -0.4 is 4.90 Å². The van der Waals surface area contributed by atoms with Crippen molar-refractivity contribution in [1.29, 1.82) is 0 Å². The van der Waals surface area contributed by atoms with Gasteiger partial charge in [0.1, 0.15) is 0 Å². The Morgan fingerprint density at radius 3 is 2.48 bits per heavy atom. The number of benzene rings is 1. The Bertz CT molecular complexity index is 618. The molecule has 2 fully saturated rings. The minimum Gasteiger partial charge on any atom is -0.370 e. The largest absolute Gasteiger partial charge is 0.370 e. The molecular weight excluding hydrogens is 318 g/mol. The monoisotopic (exact) mass is 337 g/mol. The zero-order valence-electron chi connectivity index (χ0n) is 13.1. The maximum absolute atomic E-state index is 11.9. The maximum Gasteiger partial charge on any atom is 0.271 e. The number of carbonyl (C=O) groups excluding carboxylic acids is 1. The van der Waals surface area contributed by atoms with Gasteiger partial charge >= 0.3 is 0 Å². The summed E-state index contributed by atoms with van der Waals surface area (Å²) < 4.78 is 0. The van der Waals surface area contributed by atoms with E-state index in [9.17, 15) is 14.9 Å². The molecule has 7 heteroatoms. The molecule has 0 radical (unpaired) electrons. The second-order valence-electron chi connectivity index (χ2n) is 6.26. The summed E-state index contributed by atoms with van der Waals surface area (Å²) >= 11 is 6.29. The molecule has 0 saturated carbocycles. The number of carbonyl (C=O) groups is 1. The maximum atomic E-state index is 11.9. The molecular formula is C16H20ClN3O3. The summed E-state index contributed by atoms with van der Waals surface area (Å²) in [5, 5.41) is 11.3. The fourth-order valence-electron chi connectivity index (χ4n) is 3.68. The van der Waals surface area contributed by atoms with E-state index in [1.165, 1.54) is 6.07 Å². The molecule has 1 aromatic carbocycles. The van der Waals surface area contributed by atoms with Gasteiger partial charge in [0, 0.05) is 44.2 Å². The smallest absolute Gasteiger partial charge is 0.271 e. The number of hydrogen-bond donors (Lipinski definition) is 0. The van der Waals surface area contributed by atoms with E-state index in [0.29, 0.717) is 17.5 Å². The van der Waals surface area contributed by atoms with Gasteiger partial charge in [0.2, 0.25) is 5.91 Å². The van der Waals surface area contributed by atoms with E-state index in [1.54, 1.807) is 6.07 Å². The van der Waals surface area contributed by atoms with Gasteiger partial charge in [0.15, 0.2) is 0 Å². The molecule has 0 aliphatic carbocycles. The summed E-state index contributed by atoms with van der Waals surface area (Å²) in [6.45, 7) is 4.35. The van der Waals surface area contributed by atoms with Crippen LogP contribution in [0.25, 0.3) is 0 Å². The molecule has 2 heterocycles. The third kappa shape index (κ3) is 3.13. The van der Waals surface area contributed by atoms with Crippen LogP contribution in [-0.2, 0) is 4.79 Å². The van der Waals surface area contributed by atoms with Crippen molar-refractivity contribution in [2.24, 2.45) is 0 Å². The molecule has 1 aromatic rings. The number of likely N-dealkylation sites (tertiary alicyclic amines) is 1. The molecule has 2 saturated heterocycles. The van der Waals surface area contributed by atoms with Crippen LogP contribution >= 0.6 is 11.6 Å². The lowest BCUT2D eigenvalue weighted by Gasteiger charge is -2.38. The first kappa shape index (κ1) is 16.1. The van der Waals surface area contributed by atoms with Gasteiger partial charge < -0.3 is 9.80 Å². The number of rotatable bonds is 3. The lowest BCUT2D eigenvalue weighted by Crippen LogP contribution is -2.45. The molecule has 0 atom stereocenters. The SMILES string of the molecule is Cc1cc([N+](=O)[O-])cc(Cl)c1N1CCC(N2CCCC2=O)CC1. The lowest BCUT2D eigenvalue weighted by molar-refractivity contribution is -0.384. The fraction of sp³-hybridized carbons (Fsp3) is 0.562. The summed E-state index contributed by atoms with van der Waals surface area (Å²) in [7, 11) is 0. The Labute approximate surface area is 140 Å². The van der Waals surface area contributed by atoms with Crippen LogP contribution in [0, 0.1) is 17.0 Å². The van der Waals surface area contributed by atoms with Gasteiger partial charge in [-0.1, -0.05) is 11.6 Å². The van der Waals surface area contributed by atoms with Gasteiger partial charge in [-0.2, -0.15) is 0 Å². The standard InChI is InChI=1S/C16H20ClN3O3/c1-11-9-13(20(22)23)10-14(17)16(11)18-7-4-12(5-8-18)19-6-2-3-15(19)21/h9-10,12H,2-8H2,1H3. The van der Waals surface area contributed by atoms with Crippen LogP contribution in [0.3, 0.4) is 0 Å². The Morgan fingerprint density at radius 2 is 1.96 bits per heavy atom. The van der Waals surface area contributed by atoms with Crippen molar-refractivity contribution in [3.63, 3.8) is 0 Å². The quantitative estimate of drug-likeness (QED) is 0.627. The van der Waals surface area contributed by atoms with E-state index < -0.39 is 4.92 Å². The molecule has 2 aliphatic rings. The van der Waals surface area contributed by atoms with Crippen LogP contribution in [0.15, 0.2) is 12.1 Å². The average Bonchev–Trinajstić information content (AvgIpc) is 2.93. The van der Waals surface area contributed by atoms with E-state index in [0.717, 1.165) is 50.1 Å². The van der Waals surface area contributed by atoms with Crippen molar-refractivity contribution >= 4 is 28.9 Å². The molecule has 23 heavy (non-hydrogen) atoms. The van der Waals surface area contributed by atoms with Crippen molar-refractivity contribution < 1.29 is 9.72 Å². The summed E-state index contributed by atoms with van der Waals surface area (Å²) in [6.07, 6.45) is 3.47. The predicted octanol–water partition coefficient (Wildman–Crippen LogP) is 3.15. The number of hydrogen-bond acceptors (Lipinski definition) is 4. The number of non-ortho nitro benzene ring substituents is 1. The fourth-order valence-corrected chi connectivity index (χ4v) is 4.06. The number of nitrogens with zero attached hydrogens (tertiary/aromatic N) is 3. The van der Waals surface area contributed by atoms with E-state index in [4.69, 9.17) is 11.6 Å². The van der Waals surface area contributed by atoms with Gasteiger partial charge in [-0.15, -0.1) is 0 Å². The number of amides is 1. The first-order valence-electron chi connectivity index (χ1n) is 7.96. The Kier molecular flexibility index (Phi) is 4.43. The summed E-state index contributed by atoms with van der Waals surface area (Å²) in [6, 6.07) is 3.30. The highest BCUT2D eigenvalue weighted by Gasteiger charge is 2.31. The zero-order valence-corrected chi connectivity index (χ0v) is 13.9. The average molecular weight is 338 g/mol.